The lowest BCUT2D eigenvalue weighted by molar-refractivity contribution is -0.120. The number of aromatic nitrogens is 2. The monoisotopic (exact) mass is 240 g/mol. The minimum atomic E-state index is 0.198. The molecule has 3 nitrogen and oxygen atoms in total. The fraction of sp³-hybridized carbons (Fsp3) is 0.333. The van der Waals surface area contributed by atoms with Gasteiger partial charge in [0.25, 0.3) is 0 Å². The Balaban J connectivity index is 1.76. The van der Waals surface area contributed by atoms with Crippen molar-refractivity contribution in [2.24, 2.45) is 5.92 Å². The van der Waals surface area contributed by atoms with Crippen LogP contribution < -0.4 is 0 Å². The van der Waals surface area contributed by atoms with Gasteiger partial charge in [-0.3, -0.25) is 4.79 Å². The standard InChI is InChI=1S/C15H16N2O/c18-15-8-4-5-12(15)11-13-9-10-17(16-13)14-6-2-1-3-7-14/h1-3,6-7,9-10,12H,4-5,8,11H2. The number of carbonyl (C=O) groups is 1. The first-order valence-corrected chi connectivity index (χ1v) is 6.45. The summed E-state index contributed by atoms with van der Waals surface area (Å²) in [5, 5.41) is 4.54. The summed E-state index contributed by atoms with van der Waals surface area (Å²) in [5.41, 5.74) is 2.07. The van der Waals surface area contributed by atoms with Gasteiger partial charge >= 0.3 is 0 Å². The van der Waals surface area contributed by atoms with E-state index in [1.54, 1.807) is 0 Å². The lowest BCUT2D eigenvalue weighted by Crippen LogP contribution is -2.10. The Morgan fingerprint density at radius 2 is 2.06 bits per heavy atom. The van der Waals surface area contributed by atoms with Gasteiger partial charge in [-0.05, 0) is 31.0 Å². The molecule has 1 aliphatic carbocycles. The quantitative estimate of drug-likeness (QED) is 0.826. The Labute approximate surface area is 106 Å². The van der Waals surface area contributed by atoms with Crippen LogP contribution in [0.2, 0.25) is 0 Å². The van der Waals surface area contributed by atoms with Crippen LogP contribution >= 0.6 is 0 Å². The average Bonchev–Trinajstić information content (AvgIpc) is 3.02. The molecule has 92 valence electrons. The van der Waals surface area contributed by atoms with E-state index < -0.39 is 0 Å². The molecule has 1 saturated carbocycles. The number of ketones is 1. The van der Waals surface area contributed by atoms with Crippen molar-refractivity contribution in [1.29, 1.82) is 0 Å². The van der Waals surface area contributed by atoms with E-state index in [1.807, 2.05) is 47.3 Å². The van der Waals surface area contributed by atoms with Crippen LogP contribution in [0.15, 0.2) is 42.6 Å². The fourth-order valence-corrected chi connectivity index (χ4v) is 2.55. The number of benzene rings is 1. The molecule has 2 aromatic rings. The molecule has 0 aliphatic heterocycles. The molecule has 0 bridgehead atoms. The molecule has 0 saturated heterocycles. The molecule has 18 heavy (non-hydrogen) atoms. The molecule has 1 aromatic heterocycles. The Morgan fingerprint density at radius 1 is 1.22 bits per heavy atom. The molecular weight excluding hydrogens is 224 g/mol. The highest BCUT2D eigenvalue weighted by molar-refractivity contribution is 5.83. The van der Waals surface area contributed by atoms with Crippen LogP contribution in [0.1, 0.15) is 25.0 Å². The Hall–Kier alpha value is -1.90. The summed E-state index contributed by atoms with van der Waals surface area (Å²) in [6.07, 6.45) is 5.58. The van der Waals surface area contributed by atoms with Gasteiger partial charge in [-0.1, -0.05) is 18.2 Å². The van der Waals surface area contributed by atoms with Crippen LogP contribution in [0.25, 0.3) is 5.69 Å². The number of hydrogen-bond donors (Lipinski definition) is 0. The van der Waals surface area contributed by atoms with Gasteiger partial charge < -0.3 is 0 Å². The van der Waals surface area contributed by atoms with E-state index in [0.717, 1.165) is 37.1 Å². The second kappa shape index (κ2) is 4.77. The zero-order valence-electron chi connectivity index (χ0n) is 10.2. The molecule has 0 N–H and O–H groups in total. The average molecular weight is 240 g/mol. The summed E-state index contributed by atoms with van der Waals surface area (Å²) >= 11 is 0. The molecule has 0 amide bonds. The third kappa shape index (κ3) is 2.21. The highest BCUT2D eigenvalue weighted by Crippen LogP contribution is 2.24. The molecule has 1 aromatic carbocycles. The van der Waals surface area contributed by atoms with E-state index in [0.29, 0.717) is 5.78 Å². The zero-order valence-corrected chi connectivity index (χ0v) is 10.2. The van der Waals surface area contributed by atoms with Gasteiger partial charge in [-0.25, -0.2) is 4.68 Å². The Kier molecular flexibility index (Phi) is 2.97. The van der Waals surface area contributed by atoms with Crippen molar-refractivity contribution in [3.05, 3.63) is 48.3 Å². The number of carbonyl (C=O) groups excluding carboxylic acids is 1. The van der Waals surface area contributed by atoms with Gasteiger partial charge in [-0.2, -0.15) is 5.10 Å². The van der Waals surface area contributed by atoms with Crippen molar-refractivity contribution >= 4 is 5.78 Å². The van der Waals surface area contributed by atoms with E-state index in [2.05, 4.69) is 5.10 Å². The lowest BCUT2D eigenvalue weighted by Gasteiger charge is -2.04. The Bertz CT molecular complexity index is 545. The molecule has 3 heteroatoms. The van der Waals surface area contributed by atoms with Crippen LogP contribution in [-0.2, 0) is 11.2 Å². The van der Waals surface area contributed by atoms with Gasteiger partial charge in [0, 0.05) is 25.0 Å². The topological polar surface area (TPSA) is 34.9 Å². The predicted molar refractivity (Wildman–Crippen MR) is 69.6 cm³/mol. The SMILES string of the molecule is O=C1CCCC1Cc1ccn(-c2ccccc2)n1. The molecule has 1 unspecified atom stereocenters. The molecule has 1 heterocycles. The van der Waals surface area contributed by atoms with Crippen LogP contribution in [0, 0.1) is 5.92 Å². The van der Waals surface area contributed by atoms with Gasteiger partial charge in [-0.15, -0.1) is 0 Å². The smallest absolute Gasteiger partial charge is 0.136 e. The molecule has 1 aliphatic rings. The van der Waals surface area contributed by atoms with E-state index in [9.17, 15) is 4.79 Å². The van der Waals surface area contributed by atoms with Crippen molar-refractivity contribution in [2.45, 2.75) is 25.7 Å². The highest BCUT2D eigenvalue weighted by Gasteiger charge is 2.25. The third-order valence-electron chi connectivity index (χ3n) is 3.55. The van der Waals surface area contributed by atoms with E-state index >= 15 is 0 Å². The van der Waals surface area contributed by atoms with Crippen molar-refractivity contribution in [3.63, 3.8) is 0 Å². The van der Waals surface area contributed by atoms with Gasteiger partial charge in [0.05, 0.1) is 11.4 Å². The largest absolute Gasteiger partial charge is 0.299 e. The highest BCUT2D eigenvalue weighted by atomic mass is 16.1. The molecule has 1 atom stereocenters. The van der Waals surface area contributed by atoms with Crippen molar-refractivity contribution in [2.75, 3.05) is 0 Å². The number of hydrogen-bond acceptors (Lipinski definition) is 2. The summed E-state index contributed by atoms with van der Waals surface area (Å²) in [6.45, 7) is 0. The normalized spacial score (nSPS) is 19.3. The van der Waals surface area contributed by atoms with Crippen molar-refractivity contribution in [3.8, 4) is 5.69 Å². The minimum absolute atomic E-state index is 0.198. The molecule has 0 spiro atoms. The number of rotatable bonds is 3. The van der Waals surface area contributed by atoms with Crippen LogP contribution in [0.3, 0.4) is 0 Å². The summed E-state index contributed by atoms with van der Waals surface area (Å²) in [5.74, 6) is 0.605. The molecule has 0 radical (unpaired) electrons. The maximum atomic E-state index is 11.6. The number of Topliss-reactive ketones (excluding diaryl/α,β-unsaturated/α-hetero) is 1. The third-order valence-corrected chi connectivity index (χ3v) is 3.55. The van der Waals surface area contributed by atoms with Gasteiger partial charge in [0.15, 0.2) is 0 Å². The fourth-order valence-electron chi connectivity index (χ4n) is 2.55. The number of nitrogens with zero attached hydrogens (tertiary/aromatic N) is 2. The maximum absolute atomic E-state index is 11.6. The molecular formula is C15H16N2O. The first kappa shape index (κ1) is 11.2. The van der Waals surface area contributed by atoms with E-state index in [4.69, 9.17) is 0 Å². The van der Waals surface area contributed by atoms with Crippen LogP contribution in [0.4, 0.5) is 0 Å². The van der Waals surface area contributed by atoms with Crippen molar-refractivity contribution in [1.82, 2.24) is 9.78 Å². The number of para-hydroxylation sites is 1. The van der Waals surface area contributed by atoms with E-state index in [-0.39, 0.29) is 5.92 Å². The summed E-state index contributed by atoms with van der Waals surface area (Å²) < 4.78 is 1.87. The summed E-state index contributed by atoms with van der Waals surface area (Å²) in [4.78, 5) is 11.6. The summed E-state index contributed by atoms with van der Waals surface area (Å²) in [6, 6.07) is 12.0. The first-order valence-electron chi connectivity index (χ1n) is 6.45. The maximum Gasteiger partial charge on any atom is 0.136 e. The van der Waals surface area contributed by atoms with Gasteiger partial charge in [0.2, 0.25) is 0 Å². The second-order valence-corrected chi connectivity index (χ2v) is 4.85. The Morgan fingerprint density at radius 3 is 2.78 bits per heavy atom. The zero-order chi connectivity index (χ0) is 12.4. The summed E-state index contributed by atoms with van der Waals surface area (Å²) in [7, 11) is 0. The first-order chi connectivity index (χ1) is 8.83. The molecule has 1 fully saturated rings. The lowest BCUT2D eigenvalue weighted by atomic mass is 10.0. The van der Waals surface area contributed by atoms with Gasteiger partial charge in [0.1, 0.15) is 5.78 Å². The minimum Gasteiger partial charge on any atom is -0.299 e. The second-order valence-electron chi connectivity index (χ2n) is 4.85. The van der Waals surface area contributed by atoms with E-state index in [1.165, 1.54) is 0 Å². The van der Waals surface area contributed by atoms with Crippen molar-refractivity contribution < 1.29 is 4.79 Å². The predicted octanol–water partition coefficient (Wildman–Crippen LogP) is 2.78. The molecule has 3 rings (SSSR count). The van der Waals surface area contributed by atoms with Crippen LogP contribution in [-0.4, -0.2) is 15.6 Å². The van der Waals surface area contributed by atoms with Crippen LogP contribution in [0.5, 0.6) is 0 Å².